The molecule has 102 valence electrons. The number of hydrogen-bond acceptors (Lipinski definition) is 3. The maximum atomic E-state index is 5.52. The van der Waals surface area contributed by atoms with E-state index in [1.54, 1.807) is 0 Å². The molecule has 1 aliphatic rings. The molecule has 0 aliphatic carbocycles. The summed E-state index contributed by atoms with van der Waals surface area (Å²) in [5, 5.41) is 0. The summed E-state index contributed by atoms with van der Waals surface area (Å²) in [6.45, 7) is 12.2. The first kappa shape index (κ1) is 15.1. The summed E-state index contributed by atoms with van der Waals surface area (Å²) < 4.78 is 5.52. The van der Waals surface area contributed by atoms with Crippen LogP contribution in [0, 0.1) is 0 Å². The topological polar surface area (TPSA) is 25.4 Å². The molecule has 1 unspecified atom stereocenters. The molecule has 0 bridgehead atoms. The van der Waals surface area contributed by atoms with Gasteiger partial charge in [0.1, 0.15) is 0 Å². The summed E-state index contributed by atoms with van der Waals surface area (Å²) in [5.41, 5.74) is 2.46. The van der Waals surface area contributed by atoms with Gasteiger partial charge in [-0.2, -0.15) is 0 Å². The first-order chi connectivity index (χ1) is 8.78. The Morgan fingerprint density at radius 2 is 2.17 bits per heavy atom. The smallest absolute Gasteiger partial charge is 0.0674 e. The molecule has 2 heterocycles. The van der Waals surface area contributed by atoms with Crippen molar-refractivity contribution in [3.63, 3.8) is 0 Å². The molecule has 0 radical (unpaired) electrons. The predicted octanol–water partition coefficient (Wildman–Crippen LogP) is 2.89. The fourth-order valence-electron chi connectivity index (χ4n) is 2.05. The minimum Gasteiger partial charge on any atom is -0.376 e. The van der Waals surface area contributed by atoms with Gasteiger partial charge >= 0.3 is 0 Å². The van der Waals surface area contributed by atoms with Gasteiger partial charge in [0.15, 0.2) is 0 Å². The molecule has 1 aromatic rings. The van der Waals surface area contributed by atoms with Crippen LogP contribution < -0.4 is 0 Å². The molecule has 0 saturated carbocycles. The van der Waals surface area contributed by atoms with Crippen molar-refractivity contribution in [1.82, 2.24) is 9.88 Å². The lowest BCUT2D eigenvalue weighted by Gasteiger charge is -2.30. The first-order valence-electron chi connectivity index (χ1n) is 7.05. The highest BCUT2D eigenvalue weighted by atomic mass is 16.5. The Hall–Kier alpha value is -0.930. The largest absolute Gasteiger partial charge is 0.376 e. The lowest BCUT2D eigenvalue weighted by molar-refractivity contribution is -0.0212. The summed E-state index contributed by atoms with van der Waals surface area (Å²) >= 11 is 0. The van der Waals surface area contributed by atoms with E-state index in [4.69, 9.17) is 4.74 Å². The number of pyridine rings is 1. The van der Waals surface area contributed by atoms with Gasteiger partial charge in [0.2, 0.25) is 0 Å². The third-order valence-electron chi connectivity index (χ3n) is 2.98. The second kappa shape index (κ2) is 8.22. The van der Waals surface area contributed by atoms with E-state index in [-0.39, 0.29) is 0 Å². The highest BCUT2D eigenvalue weighted by Crippen LogP contribution is 2.10. The number of nitrogens with zero attached hydrogens (tertiary/aromatic N) is 2. The van der Waals surface area contributed by atoms with E-state index < -0.39 is 0 Å². The van der Waals surface area contributed by atoms with Crippen molar-refractivity contribution in [2.24, 2.45) is 0 Å². The van der Waals surface area contributed by atoms with Crippen molar-refractivity contribution < 1.29 is 4.74 Å². The monoisotopic (exact) mass is 250 g/mol. The zero-order valence-electron chi connectivity index (χ0n) is 12.1. The van der Waals surface area contributed by atoms with Crippen LogP contribution in [0.3, 0.4) is 0 Å². The van der Waals surface area contributed by atoms with Crippen LogP contribution >= 0.6 is 0 Å². The maximum absolute atomic E-state index is 5.52. The van der Waals surface area contributed by atoms with Crippen LogP contribution in [0.25, 0.3) is 0 Å². The molecule has 3 nitrogen and oxygen atoms in total. The van der Waals surface area contributed by atoms with E-state index >= 15 is 0 Å². The fraction of sp³-hybridized carbons (Fsp3) is 0.667. The molecule has 1 fully saturated rings. The van der Waals surface area contributed by atoms with Crippen LogP contribution in [0.4, 0.5) is 0 Å². The predicted molar refractivity (Wildman–Crippen MR) is 75.7 cm³/mol. The number of aromatic nitrogens is 1. The van der Waals surface area contributed by atoms with Crippen molar-refractivity contribution in [2.75, 3.05) is 19.7 Å². The van der Waals surface area contributed by atoms with Crippen LogP contribution in [0.2, 0.25) is 0 Å². The number of hydrogen-bond donors (Lipinski definition) is 0. The van der Waals surface area contributed by atoms with E-state index in [0.717, 1.165) is 32.7 Å². The molecule has 2 rings (SSSR count). The lowest BCUT2D eigenvalue weighted by atomic mass is 10.2. The lowest BCUT2D eigenvalue weighted by Crippen LogP contribution is -2.40. The molecule has 0 amide bonds. The number of rotatable bonds is 3. The fourth-order valence-corrected chi connectivity index (χ4v) is 2.05. The molecule has 1 saturated heterocycles. The Kier molecular flexibility index (Phi) is 6.91. The summed E-state index contributed by atoms with van der Waals surface area (Å²) in [5.74, 6) is 0. The van der Waals surface area contributed by atoms with Crippen molar-refractivity contribution in [2.45, 2.75) is 46.8 Å². The Labute approximate surface area is 111 Å². The second-order valence-corrected chi connectivity index (χ2v) is 4.43. The Bertz CT molecular complexity index is 324. The van der Waals surface area contributed by atoms with Gasteiger partial charge in [-0.15, -0.1) is 0 Å². The quantitative estimate of drug-likeness (QED) is 0.825. The summed E-state index contributed by atoms with van der Waals surface area (Å²) in [4.78, 5) is 6.85. The third-order valence-corrected chi connectivity index (χ3v) is 2.98. The van der Waals surface area contributed by atoms with Crippen LogP contribution in [0.15, 0.2) is 18.3 Å². The van der Waals surface area contributed by atoms with Gasteiger partial charge in [0, 0.05) is 31.5 Å². The van der Waals surface area contributed by atoms with Crippen molar-refractivity contribution in [3.05, 3.63) is 29.6 Å². The average Bonchev–Trinajstić information content (AvgIpc) is 2.42. The van der Waals surface area contributed by atoms with Gasteiger partial charge in [-0.3, -0.25) is 9.88 Å². The van der Waals surface area contributed by atoms with Crippen LogP contribution in [0.1, 0.15) is 39.0 Å². The highest BCUT2D eigenvalue weighted by molar-refractivity contribution is 5.14. The van der Waals surface area contributed by atoms with E-state index in [2.05, 4.69) is 35.9 Å². The minimum atomic E-state index is 0.358. The van der Waals surface area contributed by atoms with E-state index in [1.807, 2.05) is 20.0 Å². The molecule has 0 N–H and O–H groups in total. The maximum Gasteiger partial charge on any atom is 0.0674 e. The molecule has 18 heavy (non-hydrogen) atoms. The van der Waals surface area contributed by atoms with Gasteiger partial charge in [-0.05, 0) is 25.0 Å². The second-order valence-electron chi connectivity index (χ2n) is 4.43. The summed E-state index contributed by atoms with van der Waals surface area (Å²) in [7, 11) is 0. The molecular formula is C15H26N2O. The number of morpholine rings is 1. The Morgan fingerprint density at radius 1 is 1.39 bits per heavy atom. The number of ether oxygens (including phenoxy) is 1. The number of aryl methyl sites for hydroxylation is 1. The van der Waals surface area contributed by atoms with Crippen LogP contribution in [0.5, 0.6) is 0 Å². The minimum absolute atomic E-state index is 0.358. The van der Waals surface area contributed by atoms with Gasteiger partial charge in [0.05, 0.1) is 12.7 Å². The van der Waals surface area contributed by atoms with Crippen molar-refractivity contribution >= 4 is 0 Å². The molecular weight excluding hydrogens is 224 g/mol. The summed E-state index contributed by atoms with van der Waals surface area (Å²) in [6.07, 6.45) is 3.37. The van der Waals surface area contributed by atoms with Gasteiger partial charge in [0.25, 0.3) is 0 Å². The third kappa shape index (κ3) is 4.75. The zero-order valence-corrected chi connectivity index (χ0v) is 12.1. The zero-order chi connectivity index (χ0) is 13.4. The van der Waals surface area contributed by atoms with Gasteiger partial charge in [-0.1, -0.05) is 26.8 Å². The van der Waals surface area contributed by atoms with Crippen molar-refractivity contribution in [3.8, 4) is 0 Å². The SMILES string of the molecule is CC.CCc1ccc(CN2CCOC(C)C2)cn1. The molecule has 0 spiro atoms. The Balaban J connectivity index is 0.000000771. The molecule has 0 aromatic carbocycles. The van der Waals surface area contributed by atoms with E-state index in [0.29, 0.717) is 6.10 Å². The molecule has 3 heteroatoms. The normalized spacial score (nSPS) is 20.1. The molecule has 1 aromatic heterocycles. The molecule has 1 aliphatic heterocycles. The van der Waals surface area contributed by atoms with Gasteiger partial charge < -0.3 is 4.74 Å². The van der Waals surface area contributed by atoms with Crippen LogP contribution in [-0.2, 0) is 17.7 Å². The first-order valence-corrected chi connectivity index (χ1v) is 7.05. The average molecular weight is 250 g/mol. The van der Waals surface area contributed by atoms with E-state index in [1.165, 1.54) is 11.3 Å². The van der Waals surface area contributed by atoms with Gasteiger partial charge in [-0.25, -0.2) is 0 Å². The standard InChI is InChI=1S/C13H20N2O.C2H6/c1-3-13-5-4-12(8-14-13)10-15-6-7-16-11(2)9-15;1-2/h4-5,8,11H,3,6-7,9-10H2,1-2H3;1-2H3. The molecule has 1 atom stereocenters. The van der Waals surface area contributed by atoms with Crippen LogP contribution in [-0.4, -0.2) is 35.7 Å². The highest BCUT2D eigenvalue weighted by Gasteiger charge is 2.16. The van der Waals surface area contributed by atoms with Crippen molar-refractivity contribution in [1.29, 1.82) is 0 Å². The Morgan fingerprint density at radius 3 is 2.72 bits per heavy atom. The van der Waals surface area contributed by atoms with E-state index in [9.17, 15) is 0 Å². The summed E-state index contributed by atoms with van der Waals surface area (Å²) in [6, 6.07) is 4.31.